The van der Waals surface area contributed by atoms with Crippen LogP contribution in [0.5, 0.6) is 0 Å². The predicted molar refractivity (Wildman–Crippen MR) is 127 cm³/mol. The molecular formula is C29H20O. The van der Waals surface area contributed by atoms with Gasteiger partial charge in [-0.15, -0.1) is 0 Å². The fourth-order valence-electron chi connectivity index (χ4n) is 4.58. The zero-order valence-corrected chi connectivity index (χ0v) is 16.7. The van der Waals surface area contributed by atoms with E-state index >= 15 is 0 Å². The van der Waals surface area contributed by atoms with Crippen LogP contribution in [0.4, 0.5) is 0 Å². The molecule has 0 bridgehead atoms. The third-order valence-electron chi connectivity index (χ3n) is 5.99. The summed E-state index contributed by atoms with van der Waals surface area (Å²) in [4.78, 5) is 0. The first-order chi connectivity index (χ1) is 14.8. The minimum absolute atomic E-state index is 0.960. The molecule has 1 nitrogen and oxygen atoms in total. The Labute approximate surface area is 175 Å². The molecule has 0 aliphatic rings. The van der Waals surface area contributed by atoms with E-state index in [1.807, 2.05) is 0 Å². The van der Waals surface area contributed by atoms with Gasteiger partial charge in [0.2, 0.25) is 0 Å². The molecule has 0 spiro atoms. The number of furan rings is 1. The lowest BCUT2D eigenvalue weighted by Gasteiger charge is -2.12. The molecule has 0 amide bonds. The molecule has 30 heavy (non-hydrogen) atoms. The summed E-state index contributed by atoms with van der Waals surface area (Å²) in [7, 11) is 0. The molecule has 142 valence electrons. The Morgan fingerprint density at radius 1 is 0.533 bits per heavy atom. The van der Waals surface area contributed by atoms with Gasteiger partial charge in [-0.3, -0.25) is 0 Å². The highest BCUT2D eigenvalue weighted by atomic mass is 16.3. The van der Waals surface area contributed by atoms with Gasteiger partial charge in [-0.05, 0) is 46.0 Å². The Morgan fingerprint density at radius 2 is 1.23 bits per heavy atom. The summed E-state index contributed by atoms with van der Waals surface area (Å²) in [6.45, 7) is 2.12. The molecule has 6 aromatic rings. The molecule has 0 saturated heterocycles. The van der Waals surface area contributed by atoms with Crippen LogP contribution < -0.4 is 0 Å². The standard InChI is InChI=1S/C29H20O/c1-19-10-9-17-25-27-23-15-6-5-13-21(23)18-26(29(27)30-28(19)25)24-16-8-7-14-22(24)20-11-3-2-4-12-20/h2-18H,1H3. The zero-order chi connectivity index (χ0) is 20.1. The lowest BCUT2D eigenvalue weighted by Crippen LogP contribution is -1.87. The van der Waals surface area contributed by atoms with Crippen LogP contribution in [-0.2, 0) is 0 Å². The molecule has 1 heteroatoms. The van der Waals surface area contributed by atoms with Gasteiger partial charge in [-0.2, -0.15) is 0 Å². The maximum absolute atomic E-state index is 6.57. The monoisotopic (exact) mass is 384 g/mol. The average molecular weight is 384 g/mol. The number of benzene rings is 5. The first kappa shape index (κ1) is 17.1. The highest BCUT2D eigenvalue weighted by molar-refractivity contribution is 6.23. The number of hydrogen-bond acceptors (Lipinski definition) is 1. The molecule has 0 N–H and O–H groups in total. The summed E-state index contributed by atoms with van der Waals surface area (Å²) in [5, 5.41) is 4.84. The summed E-state index contributed by atoms with van der Waals surface area (Å²) in [6, 6.07) is 36.5. The Bertz CT molecular complexity index is 1540. The minimum Gasteiger partial charge on any atom is -0.455 e. The first-order valence-corrected chi connectivity index (χ1v) is 10.3. The fourth-order valence-corrected chi connectivity index (χ4v) is 4.58. The van der Waals surface area contributed by atoms with Crippen molar-refractivity contribution >= 4 is 32.7 Å². The number of aryl methyl sites for hydroxylation is 1. The van der Waals surface area contributed by atoms with Crippen LogP contribution in [0.1, 0.15) is 5.56 Å². The molecular weight excluding hydrogens is 364 g/mol. The van der Waals surface area contributed by atoms with E-state index in [2.05, 4.69) is 110 Å². The predicted octanol–water partition coefficient (Wildman–Crippen LogP) is 8.38. The van der Waals surface area contributed by atoms with Gasteiger partial charge in [0.1, 0.15) is 11.2 Å². The van der Waals surface area contributed by atoms with Gasteiger partial charge in [0.15, 0.2) is 0 Å². The van der Waals surface area contributed by atoms with Crippen LogP contribution in [0.25, 0.3) is 55.0 Å². The van der Waals surface area contributed by atoms with Crippen LogP contribution in [-0.4, -0.2) is 0 Å². The summed E-state index contributed by atoms with van der Waals surface area (Å²) >= 11 is 0. The zero-order valence-electron chi connectivity index (χ0n) is 16.7. The van der Waals surface area contributed by atoms with Gasteiger partial charge in [0.05, 0.1) is 0 Å². The molecule has 1 aromatic heterocycles. The molecule has 0 unspecified atom stereocenters. The third kappa shape index (κ3) is 2.49. The summed E-state index contributed by atoms with van der Waals surface area (Å²) in [6.07, 6.45) is 0. The van der Waals surface area contributed by atoms with Gasteiger partial charge in [0.25, 0.3) is 0 Å². The maximum atomic E-state index is 6.57. The molecule has 0 fully saturated rings. The summed E-state index contributed by atoms with van der Waals surface area (Å²) in [5.74, 6) is 0. The molecule has 0 radical (unpaired) electrons. The van der Waals surface area contributed by atoms with E-state index in [0.29, 0.717) is 0 Å². The van der Waals surface area contributed by atoms with Crippen molar-refractivity contribution in [2.75, 3.05) is 0 Å². The molecule has 0 aliphatic heterocycles. The van der Waals surface area contributed by atoms with E-state index in [-0.39, 0.29) is 0 Å². The first-order valence-electron chi connectivity index (χ1n) is 10.3. The van der Waals surface area contributed by atoms with Crippen molar-refractivity contribution in [2.45, 2.75) is 6.92 Å². The van der Waals surface area contributed by atoms with Crippen LogP contribution in [0.3, 0.4) is 0 Å². The molecule has 0 saturated carbocycles. The SMILES string of the molecule is Cc1cccc2c1oc1c(-c3ccccc3-c3ccccc3)cc3ccccc3c12. The van der Waals surface area contributed by atoms with E-state index in [1.165, 1.54) is 38.2 Å². The average Bonchev–Trinajstić information content (AvgIpc) is 3.21. The second-order valence-corrected chi connectivity index (χ2v) is 7.81. The maximum Gasteiger partial charge on any atom is 0.143 e. The summed E-state index contributed by atoms with van der Waals surface area (Å²) in [5.41, 5.74) is 7.85. The fraction of sp³-hybridized carbons (Fsp3) is 0.0345. The van der Waals surface area contributed by atoms with Gasteiger partial charge in [-0.25, -0.2) is 0 Å². The minimum atomic E-state index is 0.960. The van der Waals surface area contributed by atoms with E-state index < -0.39 is 0 Å². The van der Waals surface area contributed by atoms with Gasteiger partial charge >= 0.3 is 0 Å². The Hall–Kier alpha value is -3.84. The van der Waals surface area contributed by atoms with Crippen molar-refractivity contribution < 1.29 is 4.42 Å². The molecule has 6 rings (SSSR count). The second-order valence-electron chi connectivity index (χ2n) is 7.81. The largest absolute Gasteiger partial charge is 0.455 e. The van der Waals surface area contributed by atoms with Crippen molar-refractivity contribution in [1.82, 2.24) is 0 Å². The highest BCUT2D eigenvalue weighted by Crippen LogP contribution is 2.43. The number of rotatable bonds is 2. The van der Waals surface area contributed by atoms with Gasteiger partial charge in [0, 0.05) is 16.3 Å². The molecule has 0 aliphatic carbocycles. The molecule has 1 heterocycles. The normalized spacial score (nSPS) is 11.5. The lowest BCUT2D eigenvalue weighted by molar-refractivity contribution is 0.667. The Morgan fingerprint density at radius 3 is 2.10 bits per heavy atom. The van der Waals surface area contributed by atoms with Crippen molar-refractivity contribution in [3.05, 3.63) is 109 Å². The third-order valence-corrected chi connectivity index (χ3v) is 5.99. The molecule has 5 aromatic carbocycles. The summed E-state index contributed by atoms with van der Waals surface area (Å²) < 4.78 is 6.57. The van der Waals surface area contributed by atoms with Crippen molar-refractivity contribution in [2.24, 2.45) is 0 Å². The number of hydrogen-bond donors (Lipinski definition) is 0. The topological polar surface area (TPSA) is 13.1 Å². The van der Waals surface area contributed by atoms with E-state index in [4.69, 9.17) is 4.42 Å². The van der Waals surface area contributed by atoms with E-state index in [9.17, 15) is 0 Å². The van der Waals surface area contributed by atoms with E-state index in [1.54, 1.807) is 0 Å². The second kappa shape index (κ2) is 6.60. The Kier molecular flexibility index (Phi) is 3.75. The van der Waals surface area contributed by atoms with Crippen LogP contribution in [0.15, 0.2) is 108 Å². The van der Waals surface area contributed by atoms with Crippen molar-refractivity contribution in [3.63, 3.8) is 0 Å². The van der Waals surface area contributed by atoms with Gasteiger partial charge < -0.3 is 4.42 Å². The van der Waals surface area contributed by atoms with E-state index in [0.717, 1.165) is 22.3 Å². The van der Waals surface area contributed by atoms with Crippen molar-refractivity contribution in [3.8, 4) is 22.3 Å². The highest BCUT2D eigenvalue weighted by Gasteiger charge is 2.18. The number of fused-ring (bicyclic) bond motifs is 5. The van der Waals surface area contributed by atoms with Crippen LogP contribution >= 0.6 is 0 Å². The van der Waals surface area contributed by atoms with Crippen molar-refractivity contribution in [1.29, 1.82) is 0 Å². The lowest BCUT2D eigenvalue weighted by atomic mass is 9.91. The van der Waals surface area contributed by atoms with Crippen LogP contribution in [0.2, 0.25) is 0 Å². The Balaban J connectivity index is 1.79. The van der Waals surface area contributed by atoms with Crippen LogP contribution in [0, 0.1) is 6.92 Å². The quantitative estimate of drug-likeness (QED) is 0.292. The smallest absolute Gasteiger partial charge is 0.143 e. The van der Waals surface area contributed by atoms with Gasteiger partial charge in [-0.1, -0.05) is 97.1 Å². The number of para-hydroxylation sites is 1. The molecule has 0 atom stereocenters.